The number of benzene rings is 1. The summed E-state index contributed by atoms with van der Waals surface area (Å²) >= 11 is 6.12. The molecule has 1 aromatic rings. The fourth-order valence-corrected chi connectivity index (χ4v) is 2.76. The van der Waals surface area contributed by atoms with Crippen molar-refractivity contribution in [3.63, 3.8) is 0 Å². The van der Waals surface area contributed by atoms with Crippen molar-refractivity contribution in [3.8, 4) is 0 Å². The van der Waals surface area contributed by atoms with Crippen molar-refractivity contribution >= 4 is 23.4 Å². The van der Waals surface area contributed by atoms with Crippen molar-refractivity contribution < 1.29 is 4.79 Å². The van der Waals surface area contributed by atoms with Crippen LogP contribution in [0.5, 0.6) is 0 Å². The fourth-order valence-electron chi connectivity index (χ4n) is 2.43. The first-order valence-corrected chi connectivity index (χ1v) is 6.68. The lowest BCUT2D eigenvalue weighted by Gasteiger charge is -2.15. The molecule has 1 aromatic carbocycles. The van der Waals surface area contributed by atoms with Gasteiger partial charge in [-0.3, -0.25) is 0 Å². The minimum absolute atomic E-state index is 0.537. The zero-order valence-corrected chi connectivity index (χ0v) is 11.3. The molecule has 1 aliphatic rings. The van der Waals surface area contributed by atoms with E-state index < -0.39 is 0 Å². The summed E-state index contributed by atoms with van der Waals surface area (Å²) in [6.07, 6.45) is 5.16. The van der Waals surface area contributed by atoms with Gasteiger partial charge >= 0.3 is 0 Å². The van der Waals surface area contributed by atoms with Crippen LogP contribution in [-0.2, 0) is 11.2 Å². The van der Waals surface area contributed by atoms with Crippen molar-refractivity contribution in [2.45, 2.75) is 26.2 Å². The van der Waals surface area contributed by atoms with Crippen LogP contribution in [0.2, 0.25) is 5.02 Å². The number of halogens is 1. The highest BCUT2D eigenvalue weighted by Crippen LogP contribution is 2.30. The Morgan fingerprint density at radius 1 is 1.39 bits per heavy atom. The zero-order valence-electron chi connectivity index (χ0n) is 10.6. The molecule has 1 heterocycles. The Kier molecular flexibility index (Phi) is 4.54. The molecule has 0 spiro atoms. The number of hydrogen-bond acceptors (Lipinski definition) is 3. The summed E-state index contributed by atoms with van der Waals surface area (Å²) in [5.41, 5.74) is 2.67. The van der Waals surface area contributed by atoms with Gasteiger partial charge in [-0.2, -0.15) is 4.99 Å². The number of isocyanates is 1. The SMILES string of the molecule is Cc1cc(CCN2CCCC2)cc(Cl)c1N=C=O. The summed E-state index contributed by atoms with van der Waals surface area (Å²) < 4.78 is 0. The Labute approximate surface area is 112 Å². The third-order valence-corrected chi connectivity index (χ3v) is 3.67. The first-order chi connectivity index (χ1) is 8.70. The van der Waals surface area contributed by atoms with Crippen molar-refractivity contribution in [3.05, 3.63) is 28.3 Å². The number of hydrogen-bond donors (Lipinski definition) is 0. The Balaban J connectivity index is 2.07. The van der Waals surface area contributed by atoms with E-state index in [1.54, 1.807) is 6.08 Å². The first kappa shape index (κ1) is 13.3. The van der Waals surface area contributed by atoms with Crippen molar-refractivity contribution in [1.29, 1.82) is 0 Å². The second-order valence-corrected chi connectivity index (χ2v) is 5.15. The summed E-state index contributed by atoms with van der Waals surface area (Å²) in [5.74, 6) is 0. The molecule has 1 fully saturated rings. The molecule has 96 valence electrons. The molecule has 0 aromatic heterocycles. The van der Waals surface area contributed by atoms with Gasteiger partial charge in [0.2, 0.25) is 6.08 Å². The van der Waals surface area contributed by atoms with Crippen LogP contribution < -0.4 is 0 Å². The van der Waals surface area contributed by atoms with Gasteiger partial charge in [-0.1, -0.05) is 17.7 Å². The highest BCUT2D eigenvalue weighted by Gasteiger charge is 2.12. The van der Waals surface area contributed by atoms with Crippen LogP contribution in [0, 0.1) is 6.92 Å². The molecule has 0 unspecified atom stereocenters. The van der Waals surface area contributed by atoms with Gasteiger partial charge in [-0.25, -0.2) is 4.79 Å². The molecular weight excluding hydrogens is 248 g/mol. The van der Waals surface area contributed by atoms with Crippen LogP contribution >= 0.6 is 11.6 Å². The molecule has 0 N–H and O–H groups in total. The van der Waals surface area contributed by atoms with Crippen LogP contribution in [0.4, 0.5) is 5.69 Å². The van der Waals surface area contributed by atoms with E-state index in [1.165, 1.54) is 31.5 Å². The quantitative estimate of drug-likeness (QED) is 0.618. The van der Waals surface area contributed by atoms with Gasteiger partial charge < -0.3 is 4.90 Å². The number of nitrogens with zero attached hydrogens (tertiary/aromatic N) is 2. The van der Waals surface area contributed by atoms with Gasteiger partial charge in [0.1, 0.15) is 0 Å². The molecule has 2 rings (SSSR count). The lowest BCUT2D eigenvalue weighted by Crippen LogP contribution is -2.21. The zero-order chi connectivity index (χ0) is 13.0. The lowest BCUT2D eigenvalue weighted by atomic mass is 10.1. The third-order valence-electron chi connectivity index (χ3n) is 3.39. The van der Waals surface area contributed by atoms with Gasteiger partial charge in [-0.15, -0.1) is 0 Å². The van der Waals surface area contributed by atoms with Gasteiger partial charge in [0, 0.05) is 6.54 Å². The molecule has 3 nitrogen and oxygen atoms in total. The number of carbonyl (C=O) groups excluding carboxylic acids is 1. The van der Waals surface area contributed by atoms with Crippen LogP contribution in [0.25, 0.3) is 0 Å². The number of aryl methyl sites for hydroxylation is 1. The summed E-state index contributed by atoms with van der Waals surface area (Å²) in [4.78, 5) is 16.4. The van der Waals surface area contributed by atoms with E-state index in [0.29, 0.717) is 10.7 Å². The maximum Gasteiger partial charge on any atom is 0.240 e. The Bertz CT molecular complexity index is 452. The van der Waals surface area contributed by atoms with Gasteiger partial charge in [-0.05, 0) is 56.5 Å². The third kappa shape index (κ3) is 3.20. The normalized spacial score (nSPS) is 15.7. The highest BCUT2D eigenvalue weighted by atomic mass is 35.5. The average Bonchev–Trinajstić information content (AvgIpc) is 2.84. The predicted molar refractivity (Wildman–Crippen MR) is 73.3 cm³/mol. The highest BCUT2D eigenvalue weighted by molar-refractivity contribution is 6.33. The smallest absolute Gasteiger partial charge is 0.240 e. The summed E-state index contributed by atoms with van der Waals surface area (Å²) in [7, 11) is 0. The molecule has 18 heavy (non-hydrogen) atoms. The second kappa shape index (κ2) is 6.14. The van der Waals surface area contributed by atoms with Crippen LogP contribution in [-0.4, -0.2) is 30.6 Å². The molecule has 1 saturated heterocycles. The fraction of sp³-hybridized carbons (Fsp3) is 0.500. The molecule has 0 amide bonds. The largest absolute Gasteiger partial charge is 0.303 e. The average molecular weight is 265 g/mol. The molecule has 0 atom stereocenters. The minimum Gasteiger partial charge on any atom is -0.303 e. The number of rotatable bonds is 4. The van der Waals surface area contributed by atoms with E-state index >= 15 is 0 Å². The van der Waals surface area contributed by atoms with Crippen molar-refractivity contribution in [1.82, 2.24) is 4.90 Å². The first-order valence-electron chi connectivity index (χ1n) is 6.30. The summed E-state index contributed by atoms with van der Waals surface area (Å²) in [6, 6.07) is 3.96. The van der Waals surface area contributed by atoms with E-state index in [0.717, 1.165) is 18.5 Å². The van der Waals surface area contributed by atoms with Crippen molar-refractivity contribution in [2.75, 3.05) is 19.6 Å². The summed E-state index contributed by atoms with van der Waals surface area (Å²) in [6.45, 7) is 5.41. The number of likely N-dealkylation sites (tertiary alicyclic amines) is 1. The molecule has 4 heteroatoms. The lowest BCUT2D eigenvalue weighted by molar-refractivity contribution is 0.343. The second-order valence-electron chi connectivity index (χ2n) is 4.74. The van der Waals surface area contributed by atoms with Crippen molar-refractivity contribution in [2.24, 2.45) is 4.99 Å². The minimum atomic E-state index is 0.537. The van der Waals surface area contributed by atoms with Crippen LogP contribution in [0.3, 0.4) is 0 Å². The van der Waals surface area contributed by atoms with E-state index in [4.69, 9.17) is 11.6 Å². The Morgan fingerprint density at radius 2 is 2.11 bits per heavy atom. The standard InChI is InChI=1S/C14H17ClN2O/c1-11-8-12(4-7-17-5-2-3-6-17)9-13(15)14(11)16-10-18/h8-9H,2-7H2,1H3. The van der Waals surface area contributed by atoms with Crippen LogP contribution in [0.15, 0.2) is 17.1 Å². The summed E-state index contributed by atoms with van der Waals surface area (Å²) in [5, 5.41) is 0.537. The number of aliphatic imine (C=N–C) groups is 1. The molecule has 0 radical (unpaired) electrons. The van der Waals surface area contributed by atoms with E-state index in [1.807, 2.05) is 13.0 Å². The predicted octanol–water partition coefficient (Wildman–Crippen LogP) is 3.25. The topological polar surface area (TPSA) is 32.7 Å². The Morgan fingerprint density at radius 3 is 2.72 bits per heavy atom. The van der Waals surface area contributed by atoms with E-state index in [9.17, 15) is 4.79 Å². The molecule has 1 aliphatic heterocycles. The van der Waals surface area contributed by atoms with Gasteiger partial charge in [0.05, 0.1) is 10.7 Å². The maximum absolute atomic E-state index is 10.3. The van der Waals surface area contributed by atoms with E-state index in [2.05, 4.69) is 16.0 Å². The molecule has 0 saturated carbocycles. The monoisotopic (exact) mass is 264 g/mol. The molecular formula is C14H17ClN2O. The van der Waals surface area contributed by atoms with E-state index in [-0.39, 0.29) is 0 Å². The maximum atomic E-state index is 10.3. The Hall–Kier alpha value is -1.15. The molecule has 0 aliphatic carbocycles. The van der Waals surface area contributed by atoms with Gasteiger partial charge in [0.15, 0.2) is 0 Å². The molecule has 0 bridgehead atoms. The van der Waals surface area contributed by atoms with Gasteiger partial charge in [0.25, 0.3) is 0 Å². The van der Waals surface area contributed by atoms with Crippen LogP contribution in [0.1, 0.15) is 24.0 Å².